The first-order chi connectivity index (χ1) is 14.8. The number of ether oxygens (including phenoxy) is 2. The summed E-state index contributed by atoms with van der Waals surface area (Å²) < 4.78 is 37.6. The molecule has 2 aliphatic heterocycles. The molecular formula is C20H19N3O6S2. The van der Waals surface area contributed by atoms with Gasteiger partial charge in [0.2, 0.25) is 0 Å². The van der Waals surface area contributed by atoms with Gasteiger partial charge in [-0.2, -0.15) is 0 Å². The minimum atomic E-state index is -3.45. The topological polar surface area (TPSA) is 114 Å². The Morgan fingerprint density at radius 3 is 2.81 bits per heavy atom. The number of amides is 1. The number of aryl methyl sites for hydroxylation is 1. The highest BCUT2D eigenvalue weighted by molar-refractivity contribution is 8.15. The monoisotopic (exact) mass is 461 g/mol. The zero-order valence-electron chi connectivity index (χ0n) is 16.7. The lowest BCUT2D eigenvalue weighted by Crippen LogP contribution is -2.35. The van der Waals surface area contributed by atoms with Crippen LogP contribution in [0, 0.1) is 6.92 Å². The lowest BCUT2D eigenvalue weighted by Gasteiger charge is -2.22. The number of hydrogen-bond acceptors (Lipinski definition) is 8. The Hall–Kier alpha value is -3.05. The summed E-state index contributed by atoms with van der Waals surface area (Å²) in [6.07, 6.45) is 0. The molecule has 31 heavy (non-hydrogen) atoms. The van der Waals surface area contributed by atoms with Crippen LogP contribution in [0.5, 0.6) is 5.75 Å². The number of nitrogens with one attached hydrogen (secondary N) is 1. The Morgan fingerprint density at radius 1 is 1.23 bits per heavy atom. The molecule has 2 aromatic rings. The molecule has 2 aliphatic rings. The SMILES string of the molecule is COc1ccc(C)cc1NC(=O)COC(=O)c1ccc2c(c1)SC1=NS(=O)(=O)CCN12. The molecule has 0 saturated carbocycles. The first-order valence-corrected chi connectivity index (χ1v) is 11.7. The number of carbonyl (C=O) groups is 2. The van der Waals surface area contributed by atoms with Gasteiger partial charge in [0.05, 0.1) is 29.8 Å². The van der Waals surface area contributed by atoms with Crippen molar-refractivity contribution in [3.05, 3.63) is 47.5 Å². The summed E-state index contributed by atoms with van der Waals surface area (Å²) in [4.78, 5) is 27.2. The first-order valence-electron chi connectivity index (χ1n) is 9.29. The van der Waals surface area contributed by atoms with Crippen molar-refractivity contribution in [2.45, 2.75) is 11.8 Å². The number of amidine groups is 1. The van der Waals surface area contributed by atoms with Crippen molar-refractivity contribution in [1.82, 2.24) is 0 Å². The summed E-state index contributed by atoms with van der Waals surface area (Å²) in [6, 6.07) is 10.3. The van der Waals surface area contributed by atoms with E-state index in [0.29, 0.717) is 28.0 Å². The number of rotatable bonds is 5. The van der Waals surface area contributed by atoms with Gasteiger partial charge in [0.1, 0.15) is 5.75 Å². The van der Waals surface area contributed by atoms with Crippen molar-refractivity contribution in [2.75, 3.05) is 36.2 Å². The van der Waals surface area contributed by atoms with Crippen LogP contribution in [0.2, 0.25) is 0 Å². The van der Waals surface area contributed by atoms with E-state index in [4.69, 9.17) is 9.47 Å². The third kappa shape index (κ3) is 4.52. The smallest absolute Gasteiger partial charge is 0.338 e. The number of thioether (sulfide) groups is 1. The van der Waals surface area contributed by atoms with Crippen LogP contribution in [-0.2, 0) is 19.6 Å². The second kappa shape index (κ2) is 8.23. The molecule has 0 radical (unpaired) electrons. The van der Waals surface area contributed by atoms with Gasteiger partial charge in [-0.25, -0.2) is 13.2 Å². The normalized spacial score (nSPS) is 16.1. The van der Waals surface area contributed by atoms with E-state index >= 15 is 0 Å². The van der Waals surface area contributed by atoms with Gasteiger partial charge in [-0.05, 0) is 54.6 Å². The minimum Gasteiger partial charge on any atom is -0.495 e. The van der Waals surface area contributed by atoms with E-state index in [-0.39, 0.29) is 11.3 Å². The summed E-state index contributed by atoms with van der Waals surface area (Å²) >= 11 is 1.18. The number of carbonyl (C=O) groups excluding carboxylic acids is 2. The van der Waals surface area contributed by atoms with Crippen molar-refractivity contribution in [2.24, 2.45) is 4.40 Å². The molecule has 2 aromatic carbocycles. The van der Waals surface area contributed by atoms with Crippen molar-refractivity contribution < 1.29 is 27.5 Å². The summed E-state index contributed by atoms with van der Waals surface area (Å²) in [5.41, 5.74) is 2.48. The van der Waals surface area contributed by atoms with Crippen LogP contribution in [0.15, 0.2) is 45.7 Å². The number of benzene rings is 2. The molecule has 0 fully saturated rings. The number of hydrogen-bond donors (Lipinski definition) is 1. The van der Waals surface area contributed by atoms with Crippen molar-refractivity contribution in [1.29, 1.82) is 0 Å². The number of anilines is 2. The molecule has 0 unspecified atom stereocenters. The molecule has 1 amide bonds. The van der Waals surface area contributed by atoms with Crippen LogP contribution in [0.4, 0.5) is 11.4 Å². The maximum atomic E-state index is 12.4. The molecule has 0 aromatic heterocycles. The predicted octanol–water partition coefficient (Wildman–Crippen LogP) is 2.41. The molecule has 9 nitrogen and oxygen atoms in total. The van der Waals surface area contributed by atoms with Crippen LogP contribution in [0.25, 0.3) is 0 Å². The van der Waals surface area contributed by atoms with Gasteiger partial charge >= 0.3 is 5.97 Å². The van der Waals surface area contributed by atoms with Gasteiger partial charge in [-0.1, -0.05) is 6.07 Å². The average molecular weight is 462 g/mol. The highest BCUT2D eigenvalue weighted by Crippen LogP contribution is 2.42. The molecular weight excluding hydrogens is 442 g/mol. The molecule has 0 bridgehead atoms. The second-order valence-electron chi connectivity index (χ2n) is 6.92. The van der Waals surface area contributed by atoms with Gasteiger partial charge < -0.3 is 19.7 Å². The molecule has 0 saturated heterocycles. The van der Waals surface area contributed by atoms with E-state index in [2.05, 4.69) is 9.71 Å². The Balaban J connectivity index is 1.41. The average Bonchev–Trinajstić information content (AvgIpc) is 3.07. The quantitative estimate of drug-likeness (QED) is 0.675. The highest BCUT2D eigenvalue weighted by atomic mass is 32.2. The molecule has 0 spiro atoms. The molecule has 0 aliphatic carbocycles. The second-order valence-corrected chi connectivity index (χ2v) is 9.69. The third-order valence-electron chi connectivity index (χ3n) is 4.67. The fraction of sp³-hybridized carbons (Fsp3) is 0.250. The van der Waals surface area contributed by atoms with E-state index in [1.165, 1.54) is 18.9 Å². The summed E-state index contributed by atoms with van der Waals surface area (Å²) in [7, 11) is -1.95. The van der Waals surface area contributed by atoms with Gasteiger partial charge in [0.25, 0.3) is 15.9 Å². The highest BCUT2D eigenvalue weighted by Gasteiger charge is 2.33. The Labute approximate surface area is 183 Å². The lowest BCUT2D eigenvalue weighted by molar-refractivity contribution is -0.119. The van der Waals surface area contributed by atoms with Crippen molar-refractivity contribution >= 4 is 50.2 Å². The minimum absolute atomic E-state index is 0.0544. The van der Waals surface area contributed by atoms with Crippen LogP contribution < -0.4 is 15.0 Å². The van der Waals surface area contributed by atoms with Gasteiger partial charge in [0.15, 0.2) is 11.8 Å². The standard InChI is InChI=1S/C20H19N3O6S2/c1-12-3-6-16(28-2)14(9-12)21-18(24)11-29-19(25)13-4-5-15-17(10-13)30-20-22-31(26,27)8-7-23(15)20/h3-6,9-10H,7-8,11H2,1-2H3,(H,21,24). The lowest BCUT2D eigenvalue weighted by atomic mass is 10.2. The number of nitrogens with zero attached hydrogens (tertiary/aromatic N) is 2. The zero-order chi connectivity index (χ0) is 22.2. The Bertz CT molecular complexity index is 1210. The maximum absolute atomic E-state index is 12.4. The van der Waals surface area contributed by atoms with Gasteiger partial charge in [-0.3, -0.25) is 4.79 Å². The van der Waals surface area contributed by atoms with Crippen LogP contribution >= 0.6 is 11.8 Å². The van der Waals surface area contributed by atoms with E-state index in [9.17, 15) is 18.0 Å². The molecule has 2 heterocycles. The van der Waals surface area contributed by atoms with Gasteiger partial charge in [-0.15, -0.1) is 4.40 Å². The number of sulfonamides is 1. The van der Waals surface area contributed by atoms with E-state index in [0.717, 1.165) is 11.3 Å². The molecule has 11 heteroatoms. The number of fused-ring (bicyclic) bond motifs is 3. The molecule has 162 valence electrons. The zero-order valence-corrected chi connectivity index (χ0v) is 18.4. The van der Waals surface area contributed by atoms with Crippen molar-refractivity contribution in [3.63, 3.8) is 0 Å². The molecule has 1 N–H and O–H groups in total. The maximum Gasteiger partial charge on any atom is 0.338 e. The van der Waals surface area contributed by atoms with Crippen LogP contribution in [-0.4, -0.2) is 51.5 Å². The Morgan fingerprint density at radius 2 is 2.03 bits per heavy atom. The summed E-state index contributed by atoms with van der Waals surface area (Å²) in [6.45, 7) is 1.74. The van der Waals surface area contributed by atoms with Gasteiger partial charge in [0, 0.05) is 11.4 Å². The van der Waals surface area contributed by atoms with Crippen LogP contribution in [0.3, 0.4) is 0 Å². The van der Waals surface area contributed by atoms with E-state index < -0.39 is 28.5 Å². The fourth-order valence-corrected chi connectivity index (χ4v) is 5.47. The molecule has 4 rings (SSSR count). The summed E-state index contributed by atoms with van der Waals surface area (Å²) in [5, 5.41) is 3.04. The van der Waals surface area contributed by atoms with Crippen molar-refractivity contribution in [3.8, 4) is 5.75 Å². The van der Waals surface area contributed by atoms with E-state index in [1.807, 2.05) is 13.0 Å². The summed E-state index contributed by atoms with van der Waals surface area (Å²) in [5.74, 6) is -0.706. The predicted molar refractivity (Wildman–Crippen MR) is 118 cm³/mol. The number of methoxy groups -OCH3 is 1. The van der Waals surface area contributed by atoms with E-state index in [1.54, 1.807) is 35.2 Å². The number of esters is 1. The Kier molecular flexibility index (Phi) is 5.63. The third-order valence-corrected chi connectivity index (χ3v) is 6.98. The molecule has 0 atom stereocenters. The largest absolute Gasteiger partial charge is 0.495 e. The van der Waals surface area contributed by atoms with Crippen LogP contribution in [0.1, 0.15) is 15.9 Å². The fourth-order valence-electron chi connectivity index (χ4n) is 3.18. The first kappa shape index (κ1) is 21.2.